The summed E-state index contributed by atoms with van der Waals surface area (Å²) in [5, 5.41) is 5.28. The number of para-hydroxylation sites is 1. The Labute approximate surface area is 192 Å². The molecule has 0 spiro atoms. The molecule has 2 aromatic carbocycles. The van der Waals surface area contributed by atoms with E-state index in [4.69, 9.17) is 14.1 Å². The summed E-state index contributed by atoms with van der Waals surface area (Å²) in [6, 6.07) is 22.6. The molecule has 0 saturated carbocycles. The van der Waals surface area contributed by atoms with Gasteiger partial charge < -0.3 is 9.15 Å². The Morgan fingerprint density at radius 1 is 0.853 bits per heavy atom. The number of pyridine rings is 1. The van der Waals surface area contributed by atoms with Crippen LogP contribution in [0.4, 0.5) is 0 Å². The lowest BCUT2D eigenvalue weighted by atomic mass is 9.84. The van der Waals surface area contributed by atoms with Gasteiger partial charge in [-0.25, -0.2) is 19.3 Å². The molecule has 162 valence electrons. The lowest BCUT2D eigenvalue weighted by Gasteiger charge is -2.27. The summed E-state index contributed by atoms with van der Waals surface area (Å²) in [6.07, 6.45) is 3.26. The molecule has 1 unspecified atom stereocenters. The van der Waals surface area contributed by atoms with Crippen molar-refractivity contribution in [2.45, 2.75) is 5.92 Å². The zero-order valence-electron chi connectivity index (χ0n) is 17.6. The molecule has 0 amide bonds. The second-order valence-electron chi connectivity index (χ2n) is 7.96. The number of ether oxygens (including phenoxy) is 1. The minimum Gasteiger partial charge on any atom is -0.437 e. The van der Waals surface area contributed by atoms with E-state index in [1.807, 2.05) is 66.7 Å². The third-order valence-corrected chi connectivity index (χ3v) is 5.99. The topological polar surface area (TPSA) is 95.4 Å². The van der Waals surface area contributed by atoms with Gasteiger partial charge in [-0.15, -0.1) is 5.10 Å². The molecule has 1 atom stereocenters. The van der Waals surface area contributed by atoms with Crippen LogP contribution in [-0.4, -0.2) is 24.6 Å². The van der Waals surface area contributed by atoms with Crippen LogP contribution in [0.25, 0.3) is 28.1 Å². The molecular formula is C26H15N5O3. The van der Waals surface area contributed by atoms with E-state index < -0.39 is 11.5 Å². The van der Waals surface area contributed by atoms with Crippen molar-refractivity contribution >= 4 is 16.6 Å². The predicted molar refractivity (Wildman–Crippen MR) is 124 cm³/mol. The Kier molecular flexibility index (Phi) is 3.89. The highest BCUT2D eigenvalue weighted by atomic mass is 16.5. The molecule has 0 fully saturated rings. The van der Waals surface area contributed by atoms with Gasteiger partial charge in [0.2, 0.25) is 11.7 Å². The molecule has 6 aromatic rings. The van der Waals surface area contributed by atoms with Gasteiger partial charge in [-0.05, 0) is 29.8 Å². The minimum absolute atomic E-state index is 0.379. The summed E-state index contributed by atoms with van der Waals surface area (Å²) < 4.78 is 13.6. The highest BCUT2D eigenvalue weighted by Gasteiger charge is 2.37. The molecule has 0 N–H and O–H groups in total. The summed E-state index contributed by atoms with van der Waals surface area (Å²) in [4.78, 5) is 27.0. The van der Waals surface area contributed by atoms with Gasteiger partial charge in [-0.1, -0.05) is 48.5 Å². The van der Waals surface area contributed by atoms with Gasteiger partial charge in [0.1, 0.15) is 17.6 Å². The van der Waals surface area contributed by atoms with Crippen molar-refractivity contribution in [2.75, 3.05) is 0 Å². The van der Waals surface area contributed by atoms with Crippen LogP contribution in [-0.2, 0) is 0 Å². The van der Waals surface area contributed by atoms with Crippen LogP contribution in [0.5, 0.6) is 11.6 Å². The number of hydrogen-bond acceptors (Lipinski definition) is 7. The van der Waals surface area contributed by atoms with Crippen LogP contribution in [0.2, 0.25) is 0 Å². The van der Waals surface area contributed by atoms with E-state index >= 15 is 0 Å². The van der Waals surface area contributed by atoms with E-state index in [1.165, 1.54) is 0 Å². The highest BCUT2D eigenvalue weighted by molar-refractivity contribution is 5.86. The summed E-state index contributed by atoms with van der Waals surface area (Å²) in [6.45, 7) is 0. The fraction of sp³-hybridized carbons (Fsp3) is 0.0385. The first kappa shape index (κ1) is 18.7. The normalized spacial score (nSPS) is 14.5. The second-order valence-corrected chi connectivity index (χ2v) is 7.96. The van der Waals surface area contributed by atoms with Gasteiger partial charge in [0.15, 0.2) is 11.4 Å². The van der Waals surface area contributed by atoms with Crippen molar-refractivity contribution in [3.05, 3.63) is 112 Å². The Morgan fingerprint density at radius 2 is 1.68 bits per heavy atom. The van der Waals surface area contributed by atoms with E-state index in [1.54, 1.807) is 23.1 Å². The number of fused-ring (bicyclic) bond motifs is 6. The van der Waals surface area contributed by atoms with Gasteiger partial charge >= 0.3 is 5.63 Å². The molecule has 7 rings (SSSR count). The number of hydrogen-bond donors (Lipinski definition) is 0. The van der Waals surface area contributed by atoms with Crippen LogP contribution in [0.15, 0.2) is 94.5 Å². The first-order valence-corrected chi connectivity index (χ1v) is 10.7. The standard InChI is InChI=1S/C26H15N5O3/c32-26-20-19(15-8-2-1-3-9-15)21-24-29-23(17-11-6-7-13-27-17)30-31(24)14-28-25(21)34-22(20)16-10-4-5-12-18(16)33-26/h1-14,19H. The maximum Gasteiger partial charge on any atom is 0.344 e. The van der Waals surface area contributed by atoms with Crippen LogP contribution >= 0.6 is 0 Å². The van der Waals surface area contributed by atoms with E-state index in [2.05, 4.69) is 15.1 Å². The third kappa shape index (κ3) is 2.69. The second kappa shape index (κ2) is 7.08. The zero-order valence-corrected chi connectivity index (χ0v) is 17.6. The van der Waals surface area contributed by atoms with Crippen molar-refractivity contribution in [3.63, 3.8) is 0 Å². The van der Waals surface area contributed by atoms with Crippen LogP contribution in [0.3, 0.4) is 0 Å². The summed E-state index contributed by atoms with van der Waals surface area (Å²) >= 11 is 0. The van der Waals surface area contributed by atoms with Gasteiger partial charge in [0.05, 0.1) is 22.4 Å². The first-order chi connectivity index (χ1) is 16.8. The fourth-order valence-corrected chi connectivity index (χ4v) is 4.51. The third-order valence-electron chi connectivity index (χ3n) is 5.99. The van der Waals surface area contributed by atoms with E-state index in [0.29, 0.717) is 50.9 Å². The molecule has 1 aliphatic heterocycles. The van der Waals surface area contributed by atoms with E-state index in [0.717, 1.165) is 5.56 Å². The largest absolute Gasteiger partial charge is 0.437 e. The average molecular weight is 445 g/mol. The number of aromatic nitrogens is 5. The van der Waals surface area contributed by atoms with Crippen molar-refractivity contribution in [3.8, 4) is 23.1 Å². The molecule has 0 saturated heterocycles. The van der Waals surface area contributed by atoms with Gasteiger partial charge in [0.25, 0.3) is 0 Å². The molecule has 0 bridgehead atoms. The number of nitrogens with zero attached hydrogens (tertiary/aromatic N) is 5. The zero-order chi connectivity index (χ0) is 22.6. The molecule has 4 aromatic heterocycles. The lowest BCUT2D eigenvalue weighted by molar-refractivity contribution is 0.422. The van der Waals surface area contributed by atoms with Crippen LogP contribution in [0.1, 0.15) is 22.6 Å². The quantitative estimate of drug-likeness (QED) is 0.360. The monoisotopic (exact) mass is 445 g/mol. The van der Waals surface area contributed by atoms with Crippen LogP contribution in [0, 0.1) is 0 Å². The molecule has 5 heterocycles. The Balaban J connectivity index is 1.56. The average Bonchev–Trinajstić information content (AvgIpc) is 3.33. The molecule has 0 aliphatic carbocycles. The van der Waals surface area contributed by atoms with Crippen molar-refractivity contribution in [2.24, 2.45) is 0 Å². The van der Waals surface area contributed by atoms with Crippen molar-refractivity contribution in [1.82, 2.24) is 24.6 Å². The maximum absolute atomic E-state index is 13.3. The lowest BCUT2D eigenvalue weighted by Crippen LogP contribution is -2.22. The maximum atomic E-state index is 13.3. The Hall–Kier alpha value is -4.85. The van der Waals surface area contributed by atoms with E-state index in [9.17, 15) is 4.79 Å². The minimum atomic E-state index is -0.502. The summed E-state index contributed by atoms with van der Waals surface area (Å²) in [5.74, 6) is 0.788. The SMILES string of the molecule is O=c1oc2ccccc2c2c1C(c1ccccc1)c1c(ncn3nc(-c4ccccn4)nc13)O2. The van der Waals surface area contributed by atoms with Gasteiger partial charge in [-0.2, -0.15) is 0 Å². The van der Waals surface area contributed by atoms with Crippen molar-refractivity contribution < 1.29 is 9.15 Å². The Bertz CT molecular complexity index is 1760. The Morgan fingerprint density at radius 3 is 2.53 bits per heavy atom. The smallest absolute Gasteiger partial charge is 0.344 e. The van der Waals surface area contributed by atoms with Gasteiger partial charge in [0, 0.05) is 6.20 Å². The predicted octanol–water partition coefficient (Wildman–Crippen LogP) is 4.58. The van der Waals surface area contributed by atoms with E-state index in [-0.39, 0.29) is 0 Å². The molecule has 1 aliphatic rings. The van der Waals surface area contributed by atoms with Crippen molar-refractivity contribution in [1.29, 1.82) is 0 Å². The summed E-state index contributed by atoms with van der Waals surface area (Å²) in [5.41, 5.74) is 3.14. The molecule has 34 heavy (non-hydrogen) atoms. The van der Waals surface area contributed by atoms with Crippen LogP contribution < -0.4 is 10.4 Å². The number of benzene rings is 2. The molecule has 8 heteroatoms. The number of rotatable bonds is 2. The molecule has 8 nitrogen and oxygen atoms in total. The summed E-state index contributed by atoms with van der Waals surface area (Å²) in [7, 11) is 0. The molecule has 0 radical (unpaired) electrons. The highest BCUT2D eigenvalue weighted by Crippen LogP contribution is 2.48. The van der Waals surface area contributed by atoms with Gasteiger partial charge in [-0.3, -0.25) is 4.98 Å². The first-order valence-electron chi connectivity index (χ1n) is 10.7. The molecular weight excluding hydrogens is 430 g/mol. The fourth-order valence-electron chi connectivity index (χ4n) is 4.51.